The first-order valence-corrected chi connectivity index (χ1v) is 0. The van der Waals surface area contributed by atoms with E-state index in [0.29, 0.717) is 0 Å². The van der Waals surface area contributed by atoms with Crippen LogP contribution in [-0.2, 0) is 47.7 Å². The Morgan fingerprint density at radius 1 is 1.25 bits per heavy atom. The molecular weight excluding hydrogens is 395 g/mol. The first-order valence-electron chi connectivity index (χ1n) is 0. The monoisotopic (exact) mass is 400 g/mol. The maximum Gasteiger partial charge on any atom is 2.00 e. The molecule has 0 N–H and O–H groups in total. The van der Waals surface area contributed by atoms with Gasteiger partial charge in [0.25, 0.3) is 0 Å². The van der Waals surface area contributed by atoms with E-state index >= 15 is 0 Å². The van der Waals surface area contributed by atoms with Crippen LogP contribution in [0.2, 0.25) is 0 Å². The van der Waals surface area contributed by atoms with E-state index in [1.165, 1.54) is 0 Å². The minimum absolute atomic E-state index is 0. The molecule has 0 nitrogen and oxygen atoms in total. The van der Waals surface area contributed by atoms with E-state index in [0.717, 1.165) is 0 Å². The number of rotatable bonds is 0. The summed E-state index contributed by atoms with van der Waals surface area (Å²) in [6.45, 7) is 0. The molecule has 0 aromatic heterocycles. The summed E-state index contributed by atoms with van der Waals surface area (Å²) in [5.74, 6) is 0. The first kappa shape index (κ1) is 23.2. The zero-order valence-electron chi connectivity index (χ0n) is 5.73. The zero-order valence-corrected chi connectivity index (χ0v) is 15.9. The van der Waals surface area contributed by atoms with Gasteiger partial charge >= 0.3 is 100 Å². The third-order valence-corrected chi connectivity index (χ3v) is 0. The molecule has 0 heterocycles. The Labute approximate surface area is 147 Å². The van der Waals surface area contributed by atoms with Crippen LogP contribution in [0.15, 0.2) is 0 Å². The van der Waals surface area contributed by atoms with Crippen molar-refractivity contribution in [3.63, 3.8) is 0 Å². The smallest absolute Gasteiger partial charge is 1.00 e. The summed E-state index contributed by atoms with van der Waals surface area (Å²) in [5, 5.41) is 0. The second-order valence-corrected chi connectivity index (χ2v) is 0. The maximum absolute atomic E-state index is 0. The average molecular weight is 398 g/mol. The summed E-state index contributed by atoms with van der Waals surface area (Å²) in [7, 11) is 0. The fourth-order valence-corrected chi connectivity index (χ4v) is 0. The van der Waals surface area contributed by atoms with Crippen molar-refractivity contribution in [2.45, 2.75) is 0 Å². The first-order chi connectivity index (χ1) is 0. The third-order valence-electron chi connectivity index (χ3n) is 0. The molecule has 0 aromatic rings. The second-order valence-electron chi connectivity index (χ2n) is 0. The largest absolute Gasteiger partial charge is 2.00 e. The Kier molecular flexibility index (Phi) is 91.0. The quantitative estimate of drug-likeness (QED) is 0.381. The van der Waals surface area contributed by atoms with E-state index in [1.807, 2.05) is 0 Å². The van der Waals surface area contributed by atoms with Crippen LogP contribution in [0.5, 0.6) is 0 Å². The van der Waals surface area contributed by atoms with Crippen molar-refractivity contribution in [3.8, 4) is 0 Å². The Bertz CT molecular complexity index is 14.9. The van der Waals surface area contributed by atoms with Crippen LogP contribution in [-0.4, -0.2) is 48.9 Å². The van der Waals surface area contributed by atoms with Gasteiger partial charge in [-0.1, -0.05) is 0 Å². The van der Waals surface area contributed by atoms with E-state index in [9.17, 15) is 0 Å². The molecule has 0 fully saturated rings. The van der Waals surface area contributed by atoms with Gasteiger partial charge in [0.2, 0.25) is 0 Å². The van der Waals surface area contributed by atoms with Crippen LogP contribution in [0.25, 0.3) is 0 Å². The van der Waals surface area contributed by atoms with Gasteiger partial charge in [0.15, 0.2) is 0 Å². The van der Waals surface area contributed by atoms with Crippen molar-refractivity contribution in [1.29, 1.82) is 0 Å². The molecular formula is H3BaCdKPd. The summed E-state index contributed by atoms with van der Waals surface area (Å²) in [6.07, 6.45) is 0. The normalized spacial score (nSPS) is 0. The van der Waals surface area contributed by atoms with Gasteiger partial charge in [-0.3, -0.25) is 0 Å². The van der Waals surface area contributed by atoms with Crippen LogP contribution in [0.3, 0.4) is 0 Å². The molecule has 0 saturated heterocycles. The van der Waals surface area contributed by atoms with E-state index in [1.54, 1.807) is 0 Å². The van der Waals surface area contributed by atoms with E-state index in [-0.39, 0.29) is 152 Å². The van der Waals surface area contributed by atoms with E-state index < -0.39 is 0 Å². The van der Waals surface area contributed by atoms with Crippen molar-refractivity contribution in [2.75, 3.05) is 0 Å². The Hall–Kier alpha value is 4.79. The molecule has 0 spiro atoms. The van der Waals surface area contributed by atoms with Gasteiger partial charge in [-0.05, 0) is 0 Å². The molecule has 0 aliphatic carbocycles. The molecule has 0 unspecified atom stereocenters. The Balaban J connectivity index is 0. The predicted molar refractivity (Wildman–Crippen MR) is 9.09 cm³/mol. The van der Waals surface area contributed by atoms with Gasteiger partial charge in [-0.15, -0.1) is 0 Å². The van der Waals surface area contributed by atoms with Gasteiger partial charge in [0.05, 0.1) is 0 Å². The second kappa shape index (κ2) is 15.7. The van der Waals surface area contributed by atoms with Crippen LogP contribution >= 0.6 is 0 Å². The van der Waals surface area contributed by atoms with Crippen molar-refractivity contribution in [3.05, 3.63) is 0 Å². The van der Waals surface area contributed by atoms with Gasteiger partial charge in [-0.25, -0.2) is 0 Å². The maximum atomic E-state index is 0. The minimum atomic E-state index is 0. The SMILES string of the molecule is [Ba+2].[Cd].[H-].[H-].[H-].[K+].[Pd]. The number of hydrogen-bond acceptors (Lipinski definition) is 0. The molecule has 0 aromatic carbocycles. The Morgan fingerprint density at radius 2 is 1.25 bits per heavy atom. The molecule has 0 radical (unpaired) electrons. The van der Waals surface area contributed by atoms with Crippen molar-refractivity contribution in [1.82, 2.24) is 0 Å². The molecule has 4 heavy (non-hydrogen) atoms. The summed E-state index contributed by atoms with van der Waals surface area (Å²) >= 11 is 0. The zero-order chi connectivity index (χ0) is 0. The molecule has 4 heteroatoms. The fourth-order valence-electron chi connectivity index (χ4n) is 0. The molecule has 0 atom stereocenters. The van der Waals surface area contributed by atoms with Crippen molar-refractivity contribution in [2.24, 2.45) is 0 Å². The molecule has 0 aliphatic heterocycles. The Morgan fingerprint density at radius 3 is 1.25 bits per heavy atom. The standard InChI is InChI=1S/Ba.Cd.K.Pd.3H/q+2;;+1;;3*-1. The van der Waals surface area contributed by atoms with Gasteiger partial charge < -0.3 is 4.28 Å². The van der Waals surface area contributed by atoms with E-state index in [4.69, 9.17) is 0 Å². The summed E-state index contributed by atoms with van der Waals surface area (Å²) in [4.78, 5) is 0. The molecule has 0 aliphatic rings. The van der Waals surface area contributed by atoms with Gasteiger partial charge in [-0.2, -0.15) is 0 Å². The molecule has 0 bridgehead atoms. The summed E-state index contributed by atoms with van der Waals surface area (Å²) < 4.78 is 0. The van der Waals surface area contributed by atoms with Crippen LogP contribution in [0, 0.1) is 0 Å². The fraction of sp³-hybridized carbons (Fsp3) is 0. The average Bonchev–Trinajstić information content (AvgIpc) is 0. The molecule has 0 saturated carbocycles. The topological polar surface area (TPSA) is 0 Å². The molecule has 0 rings (SSSR count). The molecule has 0 amide bonds. The van der Waals surface area contributed by atoms with Gasteiger partial charge in [0.1, 0.15) is 0 Å². The van der Waals surface area contributed by atoms with Crippen LogP contribution in [0.4, 0.5) is 0 Å². The summed E-state index contributed by atoms with van der Waals surface area (Å²) in [5.41, 5.74) is 0. The van der Waals surface area contributed by atoms with Crippen LogP contribution < -0.4 is 51.4 Å². The van der Waals surface area contributed by atoms with Gasteiger partial charge in [0, 0.05) is 47.7 Å². The summed E-state index contributed by atoms with van der Waals surface area (Å²) in [6, 6.07) is 0. The van der Waals surface area contributed by atoms with Crippen molar-refractivity contribution < 1.29 is 103 Å². The third kappa shape index (κ3) is 9.92. The molecule has 18 valence electrons. The predicted octanol–water partition coefficient (Wildman–Crippen LogP) is -3.04. The van der Waals surface area contributed by atoms with Crippen molar-refractivity contribution >= 4 is 48.9 Å². The van der Waals surface area contributed by atoms with Crippen LogP contribution in [0.1, 0.15) is 4.28 Å². The minimum Gasteiger partial charge on any atom is -1.00 e. The number of hydrogen-bond donors (Lipinski definition) is 0. The van der Waals surface area contributed by atoms with E-state index in [2.05, 4.69) is 0 Å².